The van der Waals surface area contributed by atoms with Crippen molar-refractivity contribution in [1.82, 2.24) is 4.90 Å². The number of hydrogen-bond donors (Lipinski definition) is 0. The third-order valence-corrected chi connectivity index (χ3v) is 4.15. The summed E-state index contributed by atoms with van der Waals surface area (Å²) in [6.07, 6.45) is 0.442. The minimum atomic E-state index is -0.274. The first-order valence-electron chi connectivity index (χ1n) is 7.84. The maximum Gasteiger partial charge on any atom is 0.336 e. The predicted molar refractivity (Wildman–Crippen MR) is 87.2 cm³/mol. The van der Waals surface area contributed by atoms with Crippen molar-refractivity contribution in [2.45, 2.75) is 46.4 Å². The van der Waals surface area contributed by atoms with Crippen LogP contribution in [0.1, 0.15) is 30.5 Å². The molecule has 4 nitrogen and oxygen atoms in total. The minimum Gasteiger partial charge on any atom is -0.422 e. The lowest BCUT2D eigenvalue weighted by Crippen LogP contribution is -2.44. The van der Waals surface area contributed by atoms with Crippen LogP contribution >= 0.6 is 0 Å². The Hall–Kier alpha value is -1.65. The zero-order chi connectivity index (χ0) is 15.9. The van der Waals surface area contributed by atoms with Gasteiger partial charge in [0.05, 0.1) is 12.2 Å². The van der Waals surface area contributed by atoms with E-state index in [1.807, 2.05) is 13.0 Å². The molecule has 1 saturated heterocycles. The lowest BCUT2D eigenvalue weighted by molar-refractivity contribution is -0.0704. The molecule has 3 rings (SSSR count). The van der Waals surface area contributed by atoms with Gasteiger partial charge in [-0.2, -0.15) is 0 Å². The van der Waals surface area contributed by atoms with E-state index in [2.05, 4.69) is 31.7 Å². The molecule has 1 aliphatic rings. The minimum absolute atomic E-state index is 0.221. The topological polar surface area (TPSA) is 42.7 Å². The molecule has 0 bridgehead atoms. The number of ether oxygens (including phenoxy) is 1. The van der Waals surface area contributed by atoms with Crippen LogP contribution in [0.25, 0.3) is 11.0 Å². The maximum absolute atomic E-state index is 11.9. The average Bonchev–Trinajstić information content (AvgIpc) is 2.39. The van der Waals surface area contributed by atoms with E-state index in [0.717, 1.165) is 36.1 Å². The van der Waals surface area contributed by atoms with Crippen molar-refractivity contribution >= 4 is 11.0 Å². The fraction of sp³-hybridized carbons (Fsp3) is 0.500. The van der Waals surface area contributed by atoms with Gasteiger partial charge >= 0.3 is 5.63 Å². The first kappa shape index (κ1) is 15.3. The highest BCUT2D eigenvalue weighted by atomic mass is 16.5. The van der Waals surface area contributed by atoms with Crippen molar-refractivity contribution < 1.29 is 9.15 Å². The smallest absolute Gasteiger partial charge is 0.336 e. The standard InChI is InChI=1S/C18H23NO3/c1-11-5-12(2)18-16(6-11)15(7-17(20)22-18)10-19-8-13(3)21-14(4)9-19/h5-7,13-14H,8-10H2,1-4H3/t13-,14-/m0/s1. The van der Waals surface area contributed by atoms with Crippen LogP contribution < -0.4 is 5.63 Å². The highest BCUT2D eigenvalue weighted by molar-refractivity contribution is 5.83. The third kappa shape index (κ3) is 3.08. The number of hydrogen-bond acceptors (Lipinski definition) is 4. The van der Waals surface area contributed by atoms with Crippen molar-refractivity contribution in [2.24, 2.45) is 0 Å². The van der Waals surface area contributed by atoms with Gasteiger partial charge < -0.3 is 9.15 Å². The molecular weight excluding hydrogens is 278 g/mol. The Balaban J connectivity index is 2.01. The first-order valence-corrected chi connectivity index (χ1v) is 7.84. The van der Waals surface area contributed by atoms with E-state index in [0.29, 0.717) is 5.58 Å². The molecule has 0 amide bonds. The number of nitrogens with zero attached hydrogens (tertiary/aromatic N) is 1. The number of morpholine rings is 1. The second kappa shape index (κ2) is 5.86. The molecule has 0 N–H and O–H groups in total. The van der Waals surface area contributed by atoms with E-state index in [-0.39, 0.29) is 17.8 Å². The maximum atomic E-state index is 11.9. The van der Waals surface area contributed by atoms with Gasteiger partial charge in [-0.05, 0) is 50.5 Å². The highest BCUT2D eigenvalue weighted by Gasteiger charge is 2.23. The fourth-order valence-corrected chi connectivity index (χ4v) is 3.46. The molecule has 22 heavy (non-hydrogen) atoms. The van der Waals surface area contributed by atoms with Crippen LogP contribution in [0.4, 0.5) is 0 Å². The Bertz CT molecular complexity index is 740. The lowest BCUT2D eigenvalue weighted by Gasteiger charge is -2.35. The van der Waals surface area contributed by atoms with Crippen LogP contribution in [-0.4, -0.2) is 30.2 Å². The molecule has 0 radical (unpaired) electrons. The van der Waals surface area contributed by atoms with Gasteiger partial charge in [-0.25, -0.2) is 4.79 Å². The summed E-state index contributed by atoms with van der Waals surface area (Å²) in [4.78, 5) is 14.3. The third-order valence-electron chi connectivity index (χ3n) is 4.15. The van der Waals surface area contributed by atoms with Crippen LogP contribution in [-0.2, 0) is 11.3 Å². The summed E-state index contributed by atoms with van der Waals surface area (Å²) in [7, 11) is 0. The summed E-state index contributed by atoms with van der Waals surface area (Å²) in [5, 5.41) is 1.05. The van der Waals surface area contributed by atoms with Gasteiger partial charge in [0.2, 0.25) is 0 Å². The summed E-state index contributed by atoms with van der Waals surface area (Å²) in [6, 6.07) is 5.79. The molecule has 1 aliphatic heterocycles. The molecule has 4 heteroatoms. The van der Waals surface area contributed by atoms with Crippen molar-refractivity contribution in [3.8, 4) is 0 Å². The second-order valence-corrected chi connectivity index (χ2v) is 6.50. The highest BCUT2D eigenvalue weighted by Crippen LogP contribution is 2.24. The Kier molecular flexibility index (Phi) is 4.06. The summed E-state index contributed by atoms with van der Waals surface area (Å²) >= 11 is 0. The van der Waals surface area contributed by atoms with Crippen LogP contribution in [0.3, 0.4) is 0 Å². The molecule has 0 spiro atoms. The van der Waals surface area contributed by atoms with Gasteiger partial charge in [-0.3, -0.25) is 4.90 Å². The Labute approximate surface area is 130 Å². The molecule has 0 aliphatic carbocycles. The zero-order valence-electron chi connectivity index (χ0n) is 13.7. The molecule has 2 aromatic rings. The molecule has 2 atom stereocenters. The van der Waals surface area contributed by atoms with Gasteiger partial charge in [0, 0.05) is 31.1 Å². The molecule has 118 valence electrons. The molecule has 1 aromatic carbocycles. The zero-order valence-corrected chi connectivity index (χ0v) is 13.7. The van der Waals surface area contributed by atoms with Gasteiger partial charge in [-0.1, -0.05) is 6.07 Å². The van der Waals surface area contributed by atoms with Crippen molar-refractivity contribution in [1.29, 1.82) is 0 Å². The van der Waals surface area contributed by atoms with Gasteiger partial charge in [0.25, 0.3) is 0 Å². The van der Waals surface area contributed by atoms with E-state index >= 15 is 0 Å². The lowest BCUT2D eigenvalue weighted by atomic mass is 10.0. The van der Waals surface area contributed by atoms with Crippen LogP contribution in [0, 0.1) is 13.8 Å². The van der Waals surface area contributed by atoms with Crippen molar-refractivity contribution in [2.75, 3.05) is 13.1 Å². The number of rotatable bonds is 2. The SMILES string of the molecule is Cc1cc(C)c2oc(=O)cc(CN3C[C@H](C)O[C@@H](C)C3)c2c1. The molecule has 2 heterocycles. The summed E-state index contributed by atoms with van der Waals surface area (Å²) in [6.45, 7) is 10.8. The summed E-state index contributed by atoms with van der Waals surface area (Å²) in [5.74, 6) is 0. The molecule has 0 unspecified atom stereocenters. The number of fused-ring (bicyclic) bond motifs is 1. The molecule has 0 saturated carbocycles. The molecular formula is C18H23NO3. The van der Waals surface area contributed by atoms with Gasteiger partial charge in [0.1, 0.15) is 5.58 Å². The van der Waals surface area contributed by atoms with Crippen molar-refractivity contribution in [3.63, 3.8) is 0 Å². The Morgan fingerprint density at radius 2 is 1.82 bits per heavy atom. The molecule has 1 fully saturated rings. The first-order chi connectivity index (χ1) is 10.4. The van der Waals surface area contributed by atoms with E-state index < -0.39 is 0 Å². The average molecular weight is 301 g/mol. The second-order valence-electron chi connectivity index (χ2n) is 6.50. The Morgan fingerprint density at radius 3 is 2.50 bits per heavy atom. The van der Waals surface area contributed by atoms with E-state index in [9.17, 15) is 4.79 Å². The number of aryl methyl sites for hydroxylation is 2. The van der Waals surface area contributed by atoms with Crippen molar-refractivity contribution in [3.05, 3.63) is 45.3 Å². The van der Waals surface area contributed by atoms with Crippen LogP contribution in [0.2, 0.25) is 0 Å². The van der Waals surface area contributed by atoms with Gasteiger partial charge in [0.15, 0.2) is 0 Å². The summed E-state index contributed by atoms with van der Waals surface area (Å²) in [5.41, 5.74) is 3.67. The van der Waals surface area contributed by atoms with Crippen LogP contribution in [0.15, 0.2) is 27.4 Å². The Morgan fingerprint density at radius 1 is 1.14 bits per heavy atom. The van der Waals surface area contributed by atoms with Gasteiger partial charge in [-0.15, -0.1) is 0 Å². The van der Waals surface area contributed by atoms with E-state index in [1.54, 1.807) is 6.07 Å². The predicted octanol–water partition coefficient (Wildman–Crippen LogP) is 3.02. The quantitative estimate of drug-likeness (QED) is 0.800. The van der Waals surface area contributed by atoms with Crippen LogP contribution in [0.5, 0.6) is 0 Å². The summed E-state index contributed by atoms with van der Waals surface area (Å²) < 4.78 is 11.2. The van der Waals surface area contributed by atoms with E-state index in [4.69, 9.17) is 9.15 Å². The molecule has 1 aromatic heterocycles. The fourth-order valence-electron chi connectivity index (χ4n) is 3.46. The normalized spacial score (nSPS) is 23.1. The van der Waals surface area contributed by atoms with E-state index in [1.165, 1.54) is 5.56 Å². The monoisotopic (exact) mass is 301 g/mol. The number of benzene rings is 1. The largest absolute Gasteiger partial charge is 0.422 e.